The first kappa shape index (κ1) is 12.2. The summed E-state index contributed by atoms with van der Waals surface area (Å²) in [5.41, 5.74) is 5.94. The molecular weight excluding hydrogens is 214 g/mol. The highest BCUT2D eigenvalue weighted by molar-refractivity contribution is 5.30. The van der Waals surface area contributed by atoms with Crippen LogP contribution in [-0.2, 0) is 0 Å². The molecule has 1 aliphatic rings. The van der Waals surface area contributed by atoms with Crippen LogP contribution in [0.4, 0.5) is 11.9 Å². The molecule has 0 aromatic carbocycles. The van der Waals surface area contributed by atoms with Gasteiger partial charge in [-0.1, -0.05) is 26.7 Å². The van der Waals surface area contributed by atoms with Crippen LogP contribution in [0.3, 0.4) is 0 Å². The minimum absolute atomic E-state index is 0.372. The number of hydrogen-bond acceptors (Lipinski definition) is 4. The van der Waals surface area contributed by atoms with Crippen LogP contribution in [0.25, 0.3) is 0 Å². The molecule has 5 nitrogen and oxygen atoms in total. The molecule has 1 saturated carbocycles. The molecule has 17 heavy (non-hydrogen) atoms. The van der Waals surface area contributed by atoms with Gasteiger partial charge < -0.3 is 11.1 Å². The van der Waals surface area contributed by atoms with Gasteiger partial charge in [-0.2, -0.15) is 4.98 Å². The van der Waals surface area contributed by atoms with E-state index in [-0.39, 0.29) is 0 Å². The zero-order chi connectivity index (χ0) is 12.3. The summed E-state index contributed by atoms with van der Waals surface area (Å²) in [6.45, 7) is 5.55. The number of nitrogens with one attached hydrogen (secondary N) is 2. The van der Waals surface area contributed by atoms with E-state index in [9.17, 15) is 0 Å². The highest BCUT2D eigenvalue weighted by Gasteiger charge is 2.34. The number of nitrogen functional groups attached to an aromatic ring is 1. The quantitative estimate of drug-likeness (QED) is 0.734. The van der Waals surface area contributed by atoms with E-state index >= 15 is 0 Å². The average molecular weight is 237 g/mol. The van der Waals surface area contributed by atoms with E-state index in [0.29, 0.717) is 17.3 Å². The first-order valence-corrected chi connectivity index (χ1v) is 6.51. The Morgan fingerprint density at radius 3 is 2.65 bits per heavy atom. The molecule has 0 bridgehead atoms. The molecule has 0 saturated heterocycles. The lowest BCUT2D eigenvalue weighted by molar-refractivity contribution is 0.252. The lowest BCUT2D eigenvalue weighted by Gasteiger charge is -2.30. The number of aromatic amines is 1. The molecule has 0 unspecified atom stereocenters. The van der Waals surface area contributed by atoms with Crippen molar-refractivity contribution in [3.63, 3.8) is 0 Å². The molecule has 96 valence electrons. The van der Waals surface area contributed by atoms with Crippen molar-refractivity contribution in [3.8, 4) is 0 Å². The Bertz CT molecular complexity index is 352. The predicted octanol–water partition coefficient (Wildman–Crippen LogP) is 2.41. The number of hydrogen-bond donors (Lipinski definition) is 3. The highest BCUT2D eigenvalue weighted by Crippen LogP contribution is 2.43. The molecule has 1 fully saturated rings. The second-order valence-electron chi connectivity index (χ2n) is 5.70. The highest BCUT2D eigenvalue weighted by atomic mass is 15.3. The van der Waals surface area contributed by atoms with Crippen molar-refractivity contribution in [2.45, 2.75) is 46.0 Å². The van der Waals surface area contributed by atoms with Crippen LogP contribution in [-0.4, -0.2) is 21.7 Å². The lowest BCUT2D eigenvalue weighted by Crippen LogP contribution is -2.28. The molecule has 4 N–H and O–H groups in total. The Labute approximate surface area is 103 Å². The smallest absolute Gasteiger partial charge is 0.243 e. The zero-order valence-corrected chi connectivity index (χ0v) is 10.8. The van der Waals surface area contributed by atoms with Crippen LogP contribution in [0.5, 0.6) is 0 Å². The van der Waals surface area contributed by atoms with Crippen LogP contribution < -0.4 is 11.1 Å². The van der Waals surface area contributed by atoms with Crippen molar-refractivity contribution >= 4 is 11.9 Å². The molecule has 1 aromatic heterocycles. The molecule has 1 aromatic rings. The molecule has 0 radical (unpaired) electrons. The molecule has 1 heterocycles. The predicted molar refractivity (Wildman–Crippen MR) is 69.6 cm³/mol. The summed E-state index contributed by atoms with van der Waals surface area (Å²) in [6.07, 6.45) is 6.62. The Balaban J connectivity index is 1.94. The SMILES string of the molecule is CC(C)CC1(CNc2n[nH]c(N)n2)CCCC1. The van der Waals surface area contributed by atoms with Gasteiger partial charge in [0.2, 0.25) is 11.9 Å². The molecular formula is C12H23N5. The maximum absolute atomic E-state index is 5.51. The maximum atomic E-state index is 5.51. The Kier molecular flexibility index (Phi) is 3.54. The number of rotatable bonds is 5. The van der Waals surface area contributed by atoms with E-state index in [2.05, 4.69) is 34.3 Å². The largest absolute Gasteiger partial charge is 0.368 e. The topological polar surface area (TPSA) is 79.6 Å². The van der Waals surface area contributed by atoms with Gasteiger partial charge in [0.15, 0.2) is 0 Å². The Morgan fingerprint density at radius 1 is 1.41 bits per heavy atom. The third kappa shape index (κ3) is 3.11. The summed E-state index contributed by atoms with van der Waals surface area (Å²) < 4.78 is 0. The fraction of sp³-hybridized carbons (Fsp3) is 0.833. The van der Waals surface area contributed by atoms with E-state index < -0.39 is 0 Å². The summed E-state index contributed by atoms with van der Waals surface area (Å²) in [6, 6.07) is 0. The van der Waals surface area contributed by atoms with E-state index in [1.54, 1.807) is 0 Å². The van der Waals surface area contributed by atoms with Gasteiger partial charge in [0.1, 0.15) is 0 Å². The van der Waals surface area contributed by atoms with E-state index in [1.165, 1.54) is 32.1 Å². The van der Waals surface area contributed by atoms with Crippen molar-refractivity contribution in [2.24, 2.45) is 11.3 Å². The molecule has 5 heteroatoms. The van der Waals surface area contributed by atoms with Crippen LogP contribution in [0.15, 0.2) is 0 Å². The van der Waals surface area contributed by atoms with Crippen LogP contribution >= 0.6 is 0 Å². The second kappa shape index (κ2) is 4.94. The summed E-state index contributed by atoms with van der Waals surface area (Å²) in [5, 5.41) is 9.99. The number of anilines is 2. The van der Waals surface area contributed by atoms with Crippen molar-refractivity contribution < 1.29 is 0 Å². The Morgan fingerprint density at radius 2 is 2.12 bits per heavy atom. The first-order valence-electron chi connectivity index (χ1n) is 6.51. The minimum Gasteiger partial charge on any atom is -0.368 e. The summed E-state index contributed by atoms with van der Waals surface area (Å²) in [7, 11) is 0. The van der Waals surface area contributed by atoms with Gasteiger partial charge >= 0.3 is 0 Å². The van der Waals surface area contributed by atoms with E-state index in [0.717, 1.165) is 12.5 Å². The lowest BCUT2D eigenvalue weighted by atomic mass is 9.78. The Hall–Kier alpha value is -1.26. The van der Waals surface area contributed by atoms with Crippen molar-refractivity contribution in [2.75, 3.05) is 17.6 Å². The average Bonchev–Trinajstić information content (AvgIpc) is 2.85. The van der Waals surface area contributed by atoms with E-state index in [1.807, 2.05) is 0 Å². The van der Waals surface area contributed by atoms with Gasteiger partial charge in [-0.15, -0.1) is 5.10 Å². The summed E-state index contributed by atoms with van der Waals surface area (Å²) in [5.74, 6) is 1.74. The molecule has 2 rings (SSSR count). The van der Waals surface area contributed by atoms with Gasteiger partial charge in [0.25, 0.3) is 0 Å². The van der Waals surface area contributed by atoms with Gasteiger partial charge in [-0.05, 0) is 30.6 Å². The third-order valence-electron chi connectivity index (χ3n) is 3.63. The molecule has 0 amide bonds. The molecule has 0 spiro atoms. The van der Waals surface area contributed by atoms with Crippen LogP contribution in [0, 0.1) is 11.3 Å². The minimum atomic E-state index is 0.372. The standard InChI is InChI=1S/C12H23N5/c1-9(2)7-12(5-3-4-6-12)8-14-11-15-10(13)16-17-11/h9H,3-8H2,1-2H3,(H4,13,14,15,16,17). The fourth-order valence-corrected chi connectivity index (χ4v) is 3.06. The monoisotopic (exact) mass is 237 g/mol. The molecule has 0 atom stereocenters. The van der Waals surface area contributed by atoms with Gasteiger partial charge in [0, 0.05) is 6.54 Å². The van der Waals surface area contributed by atoms with E-state index in [4.69, 9.17) is 5.73 Å². The summed E-state index contributed by atoms with van der Waals surface area (Å²) >= 11 is 0. The molecule has 1 aliphatic carbocycles. The first-order chi connectivity index (χ1) is 8.10. The van der Waals surface area contributed by atoms with Crippen molar-refractivity contribution in [1.82, 2.24) is 15.2 Å². The van der Waals surface area contributed by atoms with Crippen molar-refractivity contribution in [1.29, 1.82) is 0 Å². The van der Waals surface area contributed by atoms with Gasteiger partial charge in [-0.25, -0.2) is 5.10 Å². The number of aromatic nitrogens is 3. The molecule has 0 aliphatic heterocycles. The van der Waals surface area contributed by atoms with Crippen LogP contribution in [0.2, 0.25) is 0 Å². The second-order valence-corrected chi connectivity index (χ2v) is 5.70. The van der Waals surface area contributed by atoms with Gasteiger partial charge in [0.05, 0.1) is 0 Å². The number of H-pyrrole nitrogens is 1. The number of nitrogens with zero attached hydrogens (tertiary/aromatic N) is 2. The maximum Gasteiger partial charge on any atom is 0.243 e. The van der Waals surface area contributed by atoms with Gasteiger partial charge in [-0.3, -0.25) is 0 Å². The fourth-order valence-electron chi connectivity index (χ4n) is 3.06. The van der Waals surface area contributed by atoms with Crippen molar-refractivity contribution in [3.05, 3.63) is 0 Å². The third-order valence-corrected chi connectivity index (χ3v) is 3.63. The number of nitrogens with two attached hydrogens (primary N) is 1. The summed E-state index contributed by atoms with van der Waals surface area (Å²) in [4.78, 5) is 4.08. The van der Waals surface area contributed by atoms with Crippen LogP contribution in [0.1, 0.15) is 46.0 Å². The normalized spacial score (nSPS) is 18.8. The zero-order valence-electron chi connectivity index (χ0n) is 10.8.